The average molecular weight is 361 g/mol. The number of aromatic nitrogens is 1. The number of benzene rings is 2. The first kappa shape index (κ1) is 18.5. The van der Waals surface area contributed by atoms with Crippen LogP contribution in [-0.2, 0) is 6.42 Å². The van der Waals surface area contributed by atoms with Crippen molar-refractivity contribution >= 4 is 17.3 Å². The van der Waals surface area contributed by atoms with E-state index >= 15 is 0 Å². The maximum Gasteiger partial charge on any atom is 0.269 e. The number of nitrogens with one attached hydrogen (secondary N) is 2. The Morgan fingerprint density at radius 1 is 1.04 bits per heavy atom. The topological polar surface area (TPSA) is 63.2 Å². The standard InChI is InChI=1S/C22H23N3O2/c1-16-6-8-18(9-7-16)25-19-11-13-23-21(15-19)22(26)24-12-10-17-4-3-5-20(14-17)27-2/h3-9,11,13-15H,10,12H2,1-2H3,(H,23,25)(H,24,26). The van der Waals surface area contributed by atoms with Crippen LogP contribution in [0.4, 0.5) is 11.4 Å². The summed E-state index contributed by atoms with van der Waals surface area (Å²) in [7, 11) is 1.64. The second-order valence-corrected chi connectivity index (χ2v) is 6.28. The molecule has 5 heteroatoms. The smallest absolute Gasteiger partial charge is 0.269 e. The number of rotatable bonds is 7. The maximum absolute atomic E-state index is 12.4. The van der Waals surface area contributed by atoms with Gasteiger partial charge < -0.3 is 15.4 Å². The molecule has 0 unspecified atom stereocenters. The van der Waals surface area contributed by atoms with Crippen molar-refractivity contribution in [2.75, 3.05) is 19.0 Å². The molecule has 27 heavy (non-hydrogen) atoms. The molecule has 0 atom stereocenters. The van der Waals surface area contributed by atoms with Crippen molar-refractivity contribution in [3.05, 3.63) is 83.7 Å². The number of methoxy groups -OCH3 is 1. The van der Waals surface area contributed by atoms with Crippen LogP contribution in [-0.4, -0.2) is 24.5 Å². The quantitative estimate of drug-likeness (QED) is 0.665. The van der Waals surface area contributed by atoms with Crippen molar-refractivity contribution in [3.63, 3.8) is 0 Å². The van der Waals surface area contributed by atoms with Gasteiger partial charge >= 0.3 is 0 Å². The van der Waals surface area contributed by atoms with E-state index in [4.69, 9.17) is 4.74 Å². The van der Waals surface area contributed by atoms with Gasteiger partial charge in [-0.05, 0) is 55.3 Å². The highest BCUT2D eigenvalue weighted by molar-refractivity contribution is 5.93. The van der Waals surface area contributed by atoms with Crippen LogP contribution in [0.2, 0.25) is 0 Å². The highest BCUT2D eigenvalue weighted by Gasteiger charge is 2.08. The summed E-state index contributed by atoms with van der Waals surface area (Å²) in [5.74, 6) is 0.626. The largest absolute Gasteiger partial charge is 0.497 e. The van der Waals surface area contributed by atoms with E-state index < -0.39 is 0 Å². The zero-order chi connectivity index (χ0) is 19.1. The minimum absolute atomic E-state index is 0.189. The normalized spacial score (nSPS) is 10.3. The van der Waals surface area contributed by atoms with Crippen molar-refractivity contribution in [1.29, 1.82) is 0 Å². The van der Waals surface area contributed by atoms with Crippen LogP contribution in [0.3, 0.4) is 0 Å². The Kier molecular flexibility index (Phi) is 6.05. The first-order chi connectivity index (χ1) is 13.1. The molecule has 3 aromatic rings. The second kappa shape index (κ2) is 8.85. The summed E-state index contributed by atoms with van der Waals surface area (Å²) >= 11 is 0. The van der Waals surface area contributed by atoms with Gasteiger partial charge in [0.1, 0.15) is 11.4 Å². The molecule has 2 aromatic carbocycles. The third kappa shape index (κ3) is 5.31. The molecule has 0 aliphatic rings. The van der Waals surface area contributed by atoms with Gasteiger partial charge in [-0.25, -0.2) is 0 Å². The number of carbonyl (C=O) groups excluding carboxylic acids is 1. The van der Waals surface area contributed by atoms with E-state index in [2.05, 4.69) is 15.6 Å². The molecule has 0 saturated carbocycles. The van der Waals surface area contributed by atoms with Crippen LogP contribution in [0.5, 0.6) is 5.75 Å². The molecule has 0 spiro atoms. The van der Waals surface area contributed by atoms with E-state index in [-0.39, 0.29) is 5.91 Å². The highest BCUT2D eigenvalue weighted by Crippen LogP contribution is 2.17. The number of aryl methyl sites for hydroxylation is 1. The number of hydrogen-bond acceptors (Lipinski definition) is 4. The molecular formula is C22H23N3O2. The number of anilines is 2. The molecule has 3 rings (SSSR count). The minimum atomic E-state index is -0.189. The van der Waals surface area contributed by atoms with E-state index in [0.29, 0.717) is 12.2 Å². The first-order valence-electron chi connectivity index (χ1n) is 8.85. The van der Waals surface area contributed by atoms with Crippen LogP contribution >= 0.6 is 0 Å². The van der Waals surface area contributed by atoms with E-state index in [1.165, 1.54) is 5.56 Å². The van der Waals surface area contributed by atoms with E-state index in [1.807, 2.05) is 61.5 Å². The fourth-order valence-corrected chi connectivity index (χ4v) is 2.67. The van der Waals surface area contributed by atoms with Gasteiger partial charge in [0.2, 0.25) is 0 Å². The Hall–Kier alpha value is -3.34. The zero-order valence-electron chi connectivity index (χ0n) is 15.5. The lowest BCUT2D eigenvalue weighted by molar-refractivity contribution is 0.0949. The van der Waals surface area contributed by atoms with E-state index in [0.717, 1.165) is 29.1 Å². The summed E-state index contributed by atoms with van der Waals surface area (Å²) in [5.41, 5.74) is 4.49. The van der Waals surface area contributed by atoms with Crippen LogP contribution < -0.4 is 15.4 Å². The highest BCUT2D eigenvalue weighted by atomic mass is 16.5. The summed E-state index contributed by atoms with van der Waals surface area (Å²) in [5, 5.41) is 6.20. The van der Waals surface area contributed by atoms with Gasteiger partial charge in [-0.1, -0.05) is 29.8 Å². The molecule has 2 N–H and O–H groups in total. The third-order valence-electron chi connectivity index (χ3n) is 4.17. The van der Waals surface area contributed by atoms with Crippen LogP contribution in [0, 0.1) is 6.92 Å². The predicted molar refractivity (Wildman–Crippen MR) is 108 cm³/mol. The maximum atomic E-state index is 12.4. The zero-order valence-corrected chi connectivity index (χ0v) is 15.5. The van der Waals surface area contributed by atoms with Gasteiger partial charge in [0, 0.05) is 24.1 Å². The summed E-state index contributed by atoms with van der Waals surface area (Å²) in [6, 6.07) is 19.5. The Balaban J connectivity index is 1.57. The number of carbonyl (C=O) groups is 1. The van der Waals surface area contributed by atoms with Crippen LogP contribution in [0.15, 0.2) is 66.9 Å². The van der Waals surface area contributed by atoms with Crippen molar-refractivity contribution in [3.8, 4) is 5.75 Å². The number of nitrogens with zero attached hydrogens (tertiary/aromatic N) is 1. The molecule has 1 aromatic heterocycles. The van der Waals surface area contributed by atoms with Crippen molar-refractivity contribution in [1.82, 2.24) is 10.3 Å². The lowest BCUT2D eigenvalue weighted by Crippen LogP contribution is -2.26. The van der Waals surface area contributed by atoms with Gasteiger partial charge in [0.25, 0.3) is 5.91 Å². The Morgan fingerprint density at radius 3 is 2.63 bits per heavy atom. The summed E-state index contributed by atoms with van der Waals surface area (Å²) in [6.07, 6.45) is 2.36. The van der Waals surface area contributed by atoms with Gasteiger partial charge in [-0.3, -0.25) is 9.78 Å². The SMILES string of the molecule is COc1cccc(CCNC(=O)c2cc(Nc3ccc(C)cc3)ccn2)c1. The van der Waals surface area contributed by atoms with Gasteiger partial charge in [0.15, 0.2) is 0 Å². The van der Waals surface area contributed by atoms with Gasteiger partial charge in [0.05, 0.1) is 7.11 Å². The molecule has 1 heterocycles. The van der Waals surface area contributed by atoms with Crippen molar-refractivity contribution in [2.24, 2.45) is 0 Å². The fraction of sp³-hybridized carbons (Fsp3) is 0.182. The van der Waals surface area contributed by atoms with E-state index in [1.54, 1.807) is 19.4 Å². The van der Waals surface area contributed by atoms with E-state index in [9.17, 15) is 4.79 Å². The molecule has 0 bridgehead atoms. The second-order valence-electron chi connectivity index (χ2n) is 6.28. The molecule has 138 valence electrons. The third-order valence-corrected chi connectivity index (χ3v) is 4.17. The minimum Gasteiger partial charge on any atom is -0.497 e. The van der Waals surface area contributed by atoms with Crippen molar-refractivity contribution in [2.45, 2.75) is 13.3 Å². The number of hydrogen-bond donors (Lipinski definition) is 2. The average Bonchev–Trinajstić information content (AvgIpc) is 2.70. The molecular weight excluding hydrogens is 338 g/mol. The molecule has 0 fully saturated rings. The Bertz CT molecular complexity index is 907. The molecule has 0 aliphatic heterocycles. The molecule has 0 aliphatic carbocycles. The van der Waals surface area contributed by atoms with Crippen molar-refractivity contribution < 1.29 is 9.53 Å². The summed E-state index contributed by atoms with van der Waals surface area (Å²) < 4.78 is 5.22. The number of ether oxygens (including phenoxy) is 1. The Morgan fingerprint density at radius 2 is 1.85 bits per heavy atom. The Labute approximate surface area is 159 Å². The predicted octanol–water partition coefficient (Wildman–Crippen LogP) is 4.11. The van der Waals surface area contributed by atoms with Crippen LogP contribution in [0.1, 0.15) is 21.6 Å². The monoisotopic (exact) mass is 361 g/mol. The fourth-order valence-electron chi connectivity index (χ4n) is 2.67. The van der Waals surface area contributed by atoms with Gasteiger partial charge in [-0.15, -0.1) is 0 Å². The van der Waals surface area contributed by atoms with Crippen LogP contribution in [0.25, 0.3) is 0 Å². The summed E-state index contributed by atoms with van der Waals surface area (Å²) in [4.78, 5) is 16.6. The lowest BCUT2D eigenvalue weighted by atomic mass is 10.1. The molecule has 0 radical (unpaired) electrons. The molecule has 1 amide bonds. The molecule has 5 nitrogen and oxygen atoms in total. The number of amides is 1. The van der Waals surface area contributed by atoms with Gasteiger partial charge in [-0.2, -0.15) is 0 Å². The lowest BCUT2D eigenvalue weighted by Gasteiger charge is -2.09. The summed E-state index contributed by atoms with van der Waals surface area (Å²) in [6.45, 7) is 2.58. The number of pyridine rings is 1. The first-order valence-corrected chi connectivity index (χ1v) is 8.85. The molecule has 0 saturated heterocycles.